The second-order valence-corrected chi connectivity index (χ2v) is 9.53. The standard InChI is InChI=1S/C25H29N3O3S/c1-3-4-10-28-24(30)20-9-8-18(15-21(20)25(28)31)23(29)26-22-7-5-6-19(17(22)2)16-27-11-13-32-14-12-27/h5-9,15H,3-4,10-14,16H2,1-2H3,(H,26,29). The molecule has 3 amide bonds. The average Bonchev–Trinajstić information content (AvgIpc) is 3.05. The quantitative estimate of drug-likeness (QED) is 0.639. The van der Waals surface area contributed by atoms with E-state index in [0.717, 1.165) is 55.2 Å². The highest BCUT2D eigenvalue weighted by atomic mass is 32.2. The zero-order valence-electron chi connectivity index (χ0n) is 18.6. The predicted octanol–water partition coefficient (Wildman–Crippen LogP) is 4.19. The highest BCUT2D eigenvalue weighted by Crippen LogP contribution is 2.26. The van der Waals surface area contributed by atoms with Crippen molar-refractivity contribution in [3.63, 3.8) is 0 Å². The molecule has 2 aromatic carbocycles. The maximum Gasteiger partial charge on any atom is 0.261 e. The number of hydrogen-bond donors (Lipinski definition) is 1. The van der Waals surface area contributed by atoms with Gasteiger partial charge in [0, 0.05) is 48.9 Å². The lowest BCUT2D eigenvalue weighted by atomic mass is 10.0. The van der Waals surface area contributed by atoms with Crippen molar-refractivity contribution >= 4 is 35.2 Å². The van der Waals surface area contributed by atoms with Gasteiger partial charge < -0.3 is 5.32 Å². The number of fused-ring (bicyclic) bond motifs is 1. The molecule has 4 rings (SSSR count). The number of nitrogens with one attached hydrogen (secondary N) is 1. The first-order chi connectivity index (χ1) is 15.5. The molecule has 2 heterocycles. The molecule has 0 bridgehead atoms. The molecule has 0 spiro atoms. The maximum absolute atomic E-state index is 13.0. The second kappa shape index (κ2) is 9.88. The summed E-state index contributed by atoms with van der Waals surface area (Å²) in [5, 5.41) is 3.00. The summed E-state index contributed by atoms with van der Waals surface area (Å²) in [6.07, 6.45) is 1.67. The van der Waals surface area contributed by atoms with Crippen LogP contribution in [0.1, 0.15) is 62.0 Å². The molecular formula is C25H29N3O3S. The Labute approximate surface area is 193 Å². The minimum absolute atomic E-state index is 0.273. The van der Waals surface area contributed by atoms with Gasteiger partial charge in [0.25, 0.3) is 17.7 Å². The summed E-state index contributed by atoms with van der Waals surface area (Å²) < 4.78 is 0. The lowest BCUT2D eigenvalue weighted by molar-refractivity contribution is 0.0652. The minimum atomic E-state index is -0.314. The molecular weight excluding hydrogens is 422 g/mol. The van der Waals surface area contributed by atoms with Gasteiger partial charge in [0.15, 0.2) is 0 Å². The molecule has 0 saturated carbocycles. The number of unbranched alkanes of at least 4 members (excludes halogenated alkanes) is 1. The van der Waals surface area contributed by atoms with Crippen molar-refractivity contribution < 1.29 is 14.4 Å². The molecule has 7 heteroatoms. The van der Waals surface area contributed by atoms with Crippen LogP contribution in [0.4, 0.5) is 5.69 Å². The van der Waals surface area contributed by atoms with Gasteiger partial charge in [-0.15, -0.1) is 0 Å². The molecule has 1 fully saturated rings. The molecule has 2 aliphatic rings. The van der Waals surface area contributed by atoms with Crippen LogP contribution in [0.3, 0.4) is 0 Å². The Hall–Kier alpha value is -2.64. The van der Waals surface area contributed by atoms with Crippen LogP contribution in [0.2, 0.25) is 0 Å². The monoisotopic (exact) mass is 451 g/mol. The minimum Gasteiger partial charge on any atom is -0.322 e. The molecule has 0 radical (unpaired) electrons. The summed E-state index contributed by atoms with van der Waals surface area (Å²) in [7, 11) is 0. The summed E-state index contributed by atoms with van der Waals surface area (Å²) in [5.74, 6) is 1.45. The Balaban J connectivity index is 1.50. The van der Waals surface area contributed by atoms with Crippen LogP contribution < -0.4 is 5.32 Å². The third-order valence-corrected chi connectivity index (χ3v) is 7.10. The van der Waals surface area contributed by atoms with E-state index in [4.69, 9.17) is 0 Å². The zero-order valence-corrected chi connectivity index (χ0v) is 19.5. The molecule has 0 unspecified atom stereocenters. The maximum atomic E-state index is 13.0. The Morgan fingerprint density at radius 1 is 1.06 bits per heavy atom. The Kier molecular flexibility index (Phi) is 6.96. The van der Waals surface area contributed by atoms with Crippen LogP contribution in [0, 0.1) is 6.92 Å². The number of hydrogen-bond acceptors (Lipinski definition) is 5. The average molecular weight is 452 g/mol. The number of imide groups is 1. The highest BCUT2D eigenvalue weighted by Gasteiger charge is 2.35. The summed E-state index contributed by atoms with van der Waals surface area (Å²) >= 11 is 1.99. The van der Waals surface area contributed by atoms with Gasteiger partial charge in [-0.3, -0.25) is 24.2 Å². The van der Waals surface area contributed by atoms with Crippen LogP contribution in [-0.2, 0) is 6.54 Å². The first-order valence-corrected chi connectivity index (χ1v) is 12.3. The molecule has 1 N–H and O–H groups in total. The first kappa shape index (κ1) is 22.6. The van der Waals surface area contributed by atoms with E-state index in [1.165, 1.54) is 10.5 Å². The fourth-order valence-electron chi connectivity index (χ4n) is 4.14. The summed E-state index contributed by atoms with van der Waals surface area (Å²) in [5.41, 5.74) is 4.09. The number of rotatable bonds is 7. The van der Waals surface area contributed by atoms with E-state index in [0.29, 0.717) is 23.2 Å². The van der Waals surface area contributed by atoms with E-state index in [-0.39, 0.29) is 17.7 Å². The Bertz CT molecular complexity index is 1050. The van der Waals surface area contributed by atoms with Crippen molar-refractivity contribution in [3.8, 4) is 0 Å². The highest BCUT2D eigenvalue weighted by molar-refractivity contribution is 7.99. The largest absolute Gasteiger partial charge is 0.322 e. The van der Waals surface area contributed by atoms with Crippen LogP contribution in [0.5, 0.6) is 0 Å². The molecule has 0 aromatic heterocycles. The normalized spacial score (nSPS) is 16.4. The van der Waals surface area contributed by atoms with Gasteiger partial charge in [-0.25, -0.2) is 0 Å². The van der Waals surface area contributed by atoms with E-state index in [2.05, 4.69) is 16.3 Å². The van der Waals surface area contributed by atoms with Crippen molar-refractivity contribution in [2.24, 2.45) is 0 Å². The van der Waals surface area contributed by atoms with Crippen LogP contribution >= 0.6 is 11.8 Å². The van der Waals surface area contributed by atoms with Crippen molar-refractivity contribution in [2.45, 2.75) is 33.2 Å². The van der Waals surface area contributed by atoms with Gasteiger partial charge in [-0.05, 0) is 48.7 Å². The van der Waals surface area contributed by atoms with E-state index in [1.54, 1.807) is 18.2 Å². The molecule has 32 heavy (non-hydrogen) atoms. The fraction of sp³-hybridized carbons (Fsp3) is 0.400. The second-order valence-electron chi connectivity index (χ2n) is 8.31. The van der Waals surface area contributed by atoms with Crippen LogP contribution in [0.25, 0.3) is 0 Å². The zero-order chi connectivity index (χ0) is 22.7. The Morgan fingerprint density at radius 3 is 2.56 bits per heavy atom. The van der Waals surface area contributed by atoms with Gasteiger partial charge in [0.2, 0.25) is 0 Å². The summed E-state index contributed by atoms with van der Waals surface area (Å²) in [4.78, 5) is 41.9. The molecule has 0 aliphatic carbocycles. The predicted molar refractivity (Wildman–Crippen MR) is 128 cm³/mol. The van der Waals surface area contributed by atoms with Gasteiger partial charge in [0.05, 0.1) is 11.1 Å². The molecule has 6 nitrogen and oxygen atoms in total. The molecule has 2 aromatic rings. The topological polar surface area (TPSA) is 69.7 Å². The number of anilines is 1. The van der Waals surface area contributed by atoms with Crippen molar-refractivity contribution in [2.75, 3.05) is 36.5 Å². The van der Waals surface area contributed by atoms with Gasteiger partial charge in [-0.1, -0.05) is 25.5 Å². The van der Waals surface area contributed by atoms with Gasteiger partial charge >= 0.3 is 0 Å². The van der Waals surface area contributed by atoms with Gasteiger partial charge in [-0.2, -0.15) is 11.8 Å². The summed E-state index contributed by atoms with van der Waals surface area (Å²) in [6, 6.07) is 10.7. The molecule has 0 atom stereocenters. The Morgan fingerprint density at radius 2 is 1.81 bits per heavy atom. The van der Waals surface area contributed by atoms with Crippen LogP contribution in [0.15, 0.2) is 36.4 Å². The fourth-order valence-corrected chi connectivity index (χ4v) is 5.11. The number of carbonyl (C=O) groups is 3. The molecule has 2 aliphatic heterocycles. The molecule has 168 valence electrons. The lowest BCUT2D eigenvalue weighted by Gasteiger charge is -2.27. The third kappa shape index (κ3) is 4.59. The number of thioether (sulfide) groups is 1. The van der Waals surface area contributed by atoms with E-state index < -0.39 is 0 Å². The summed E-state index contributed by atoms with van der Waals surface area (Å²) in [6.45, 7) is 7.49. The number of nitrogens with zero attached hydrogens (tertiary/aromatic N) is 2. The number of carbonyl (C=O) groups excluding carboxylic acids is 3. The third-order valence-electron chi connectivity index (χ3n) is 6.16. The van der Waals surface area contributed by atoms with E-state index in [9.17, 15) is 14.4 Å². The SMILES string of the molecule is CCCCN1C(=O)c2ccc(C(=O)Nc3cccc(CN4CCSCC4)c3C)cc2C1=O. The van der Waals surface area contributed by atoms with E-state index >= 15 is 0 Å². The number of amides is 3. The molecule has 1 saturated heterocycles. The van der Waals surface area contributed by atoms with Crippen molar-refractivity contribution in [1.82, 2.24) is 9.80 Å². The van der Waals surface area contributed by atoms with Gasteiger partial charge in [0.1, 0.15) is 0 Å². The van der Waals surface area contributed by atoms with E-state index in [1.807, 2.05) is 37.7 Å². The van der Waals surface area contributed by atoms with Crippen molar-refractivity contribution in [1.29, 1.82) is 0 Å². The first-order valence-electron chi connectivity index (χ1n) is 11.2. The van der Waals surface area contributed by atoms with Crippen LogP contribution in [-0.4, -0.2) is 58.7 Å². The lowest BCUT2D eigenvalue weighted by Crippen LogP contribution is -2.32. The smallest absolute Gasteiger partial charge is 0.261 e. The number of benzene rings is 2. The van der Waals surface area contributed by atoms with Crippen molar-refractivity contribution in [3.05, 3.63) is 64.2 Å².